The molecule has 5 rings (SSSR count). The number of carbonyl (C=O) groups is 4. The van der Waals surface area contributed by atoms with Gasteiger partial charge in [0.1, 0.15) is 11.6 Å². The van der Waals surface area contributed by atoms with Gasteiger partial charge in [0.2, 0.25) is 17.6 Å². The molecule has 4 amide bonds. The van der Waals surface area contributed by atoms with E-state index in [1.807, 2.05) is 63.2 Å². The molecule has 0 aliphatic heterocycles. The molecule has 1 heterocycles. The second-order valence-corrected chi connectivity index (χ2v) is 15.9. The maximum atomic E-state index is 13.9. The maximum Gasteiger partial charge on any atom is 0.407 e. The van der Waals surface area contributed by atoms with Crippen LogP contribution in [0.15, 0.2) is 66.7 Å². The number of hydrogen-bond acceptors (Lipinski definition) is 9. The zero-order valence-corrected chi connectivity index (χ0v) is 34.7. The number of rotatable bonds is 17. The third kappa shape index (κ3) is 12.7. The van der Waals surface area contributed by atoms with Crippen LogP contribution in [0.2, 0.25) is 0 Å². The number of alkyl carbamates (subject to hydrolysis) is 1. The van der Waals surface area contributed by atoms with Gasteiger partial charge in [0.15, 0.2) is 0 Å². The Bertz CT molecular complexity index is 1950. The summed E-state index contributed by atoms with van der Waals surface area (Å²) in [5.74, 6) is -0.179. The van der Waals surface area contributed by atoms with Gasteiger partial charge in [0.05, 0.1) is 0 Å². The zero-order valence-electron chi connectivity index (χ0n) is 34.7. The third-order valence-corrected chi connectivity index (χ3v) is 10.6. The summed E-state index contributed by atoms with van der Waals surface area (Å²) < 4.78 is 5.37. The highest BCUT2D eigenvalue weighted by molar-refractivity contribution is 5.98. The molecule has 14 heteroatoms. The van der Waals surface area contributed by atoms with Gasteiger partial charge in [-0.3, -0.25) is 14.4 Å². The van der Waals surface area contributed by atoms with Gasteiger partial charge in [-0.2, -0.15) is 5.21 Å². The van der Waals surface area contributed by atoms with Crippen LogP contribution in [0.25, 0.3) is 22.5 Å². The monoisotopic (exact) mass is 793 g/mol. The number of nitrogens with zero attached hydrogens (tertiary/aromatic N) is 4. The van der Waals surface area contributed by atoms with Crippen LogP contribution in [0.1, 0.15) is 88.7 Å². The first-order valence-electron chi connectivity index (χ1n) is 20.5. The van der Waals surface area contributed by atoms with Gasteiger partial charge in [-0.05, 0) is 136 Å². The van der Waals surface area contributed by atoms with E-state index >= 15 is 0 Å². The van der Waals surface area contributed by atoms with E-state index in [2.05, 4.69) is 67.6 Å². The van der Waals surface area contributed by atoms with Gasteiger partial charge in [0, 0.05) is 48.8 Å². The molecule has 0 radical (unpaired) electrons. The summed E-state index contributed by atoms with van der Waals surface area (Å²) in [6.45, 7) is 15.5. The second-order valence-electron chi connectivity index (χ2n) is 15.9. The minimum atomic E-state index is -0.851. The zero-order chi connectivity index (χ0) is 41.7. The van der Waals surface area contributed by atoms with Gasteiger partial charge >= 0.3 is 6.09 Å². The number of tetrazole rings is 1. The van der Waals surface area contributed by atoms with E-state index in [4.69, 9.17) is 4.74 Å². The second kappa shape index (κ2) is 20.7. The SMILES string of the molecule is CCc1ccc(C(=O)NCCN(CC)CC)cc1-c1ccc(CC(NC(=O)C2CCC(CNC(=O)OC(C)(C)C)CC2)C(=O)Nc2ccc(-c3nn[nH]n3)cc2)cc1. The van der Waals surface area contributed by atoms with Crippen molar-refractivity contribution in [3.8, 4) is 22.5 Å². The maximum absolute atomic E-state index is 13.9. The average Bonchev–Trinajstić information content (AvgIpc) is 3.77. The number of anilines is 1. The average molecular weight is 794 g/mol. The van der Waals surface area contributed by atoms with Crippen molar-refractivity contribution in [1.82, 2.24) is 41.5 Å². The molecule has 1 aliphatic carbocycles. The number of aryl methyl sites for hydroxylation is 1. The van der Waals surface area contributed by atoms with Crippen LogP contribution in [-0.2, 0) is 27.2 Å². The van der Waals surface area contributed by atoms with Crippen LogP contribution >= 0.6 is 0 Å². The number of likely N-dealkylation sites (N-methyl/N-ethyl adjacent to an activating group) is 1. The molecule has 1 saturated carbocycles. The number of aromatic nitrogens is 4. The van der Waals surface area contributed by atoms with Gasteiger partial charge in [-0.25, -0.2) is 4.79 Å². The van der Waals surface area contributed by atoms with E-state index in [9.17, 15) is 19.2 Å². The van der Waals surface area contributed by atoms with E-state index in [0.717, 1.165) is 66.7 Å². The lowest BCUT2D eigenvalue weighted by Gasteiger charge is -2.29. The normalized spacial score (nSPS) is 16.0. The highest BCUT2D eigenvalue weighted by Crippen LogP contribution is 2.30. The Morgan fingerprint density at radius 3 is 2.19 bits per heavy atom. The lowest BCUT2D eigenvalue weighted by molar-refractivity contribution is -0.130. The van der Waals surface area contributed by atoms with Gasteiger partial charge in [0.25, 0.3) is 5.91 Å². The van der Waals surface area contributed by atoms with E-state index in [-0.39, 0.29) is 36.0 Å². The Morgan fingerprint density at radius 2 is 1.57 bits per heavy atom. The standard InChI is InChI=1S/C44H59N9O5/c1-7-31-18-19-35(40(54)45-24-25-53(8-2)9-3)27-37(31)32-14-10-29(11-15-32)26-38(42(56)47-36-22-20-33(21-23-36)39-49-51-52-50-39)48-41(55)34-16-12-30(13-17-34)28-46-43(57)58-44(4,5)6/h10-11,14-15,18-23,27,30,34,38H,7-9,12-13,16-17,24-26,28H2,1-6H3,(H,45,54)(H,46,57)(H,47,56)(H,48,55)(H,49,50,51,52). The van der Waals surface area contributed by atoms with Crippen LogP contribution < -0.4 is 21.3 Å². The first-order valence-corrected chi connectivity index (χ1v) is 20.5. The highest BCUT2D eigenvalue weighted by atomic mass is 16.6. The largest absolute Gasteiger partial charge is 0.444 e. The number of amides is 4. The summed E-state index contributed by atoms with van der Waals surface area (Å²) in [4.78, 5) is 55.2. The third-order valence-electron chi connectivity index (χ3n) is 10.6. The minimum absolute atomic E-state index is 0.104. The molecule has 310 valence electrons. The summed E-state index contributed by atoms with van der Waals surface area (Å²) in [6, 6.07) is 20.0. The van der Waals surface area contributed by atoms with E-state index < -0.39 is 17.7 Å². The van der Waals surface area contributed by atoms with Crippen molar-refractivity contribution in [3.63, 3.8) is 0 Å². The van der Waals surface area contributed by atoms with Crippen LogP contribution in [0.3, 0.4) is 0 Å². The van der Waals surface area contributed by atoms with Crippen LogP contribution in [0, 0.1) is 11.8 Å². The van der Waals surface area contributed by atoms with Crippen molar-refractivity contribution in [1.29, 1.82) is 0 Å². The number of ether oxygens (including phenoxy) is 1. The molecule has 0 saturated heterocycles. The lowest BCUT2D eigenvalue weighted by atomic mass is 9.81. The fourth-order valence-corrected chi connectivity index (χ4v) is 7.21. The van der Waals surface area contributed by atoms with Crippen molar-refractivity contribution in [2.45, 2.75) is 91.7 Å². The number of hydrogen-bond donors (Lipinski definition) is 5. The fraction of sp³-hybridized carbons (Fsp3) is 0.477. The van der Waals surface area contributed by atoms with E-state index in [1.54, 1.807) is 24.3 Å². The predicted octanol–water partition coefficient (Wildman–Crippen LogP) is 6.16. The van der Waals surface area contributed by atoms with Crippen LogP contribution in [0.5, 0.6) is 0 Å². The summed E-state index contributed by atoms with van der Waals surface area (Å²) in [7, 11) is 0. The lowest BCUT2D eigenvalue weighted by Crippen LogP contribution is -2.48. The van der Waals surface area contributed by atoms with E-state index in [1.165, 1.54) is 0 Å². The Labute approximate surface area is 341 Å². The number of benzene rings is 3. The molecule has 0 bridgehead atoms. The van der Waals surface area contributed by atoms with Gasteiger partial charge in [-0.15, -0.1) is 10.2 Å². The molecule has 0 spiro atoms. The summed E-state index contributed by atoms with van der Waals surface area (Å²) >= 11 is 0. The van der Waals surface area contributed by atoms with Crippen LogP contribution in [0.4, 0.5) is 10.5 Å². The highest BCUT2D eigenvalue weighted by Gasteiger charge is 2.30. The number of carbonyl (C=O) groups excluding carboxylic acids is 4. The molecule has 1 atom stereocenters. The molecule has 4 aromatic rings. The topological polar surface area (TPSA) is 183 Å². The molecule has 3 aromatic carbocycles. The van der Waals surface area contributed by atoms with Crippen molar-refractivity contribution >= 4 is 29.5 Å². The Morgan fingerprint density at radius 1 is 0.879 bits per heavy atom. The Balaban J connectivity index is 1.27. The molecular weight excluding hydrogens is 735 g/mol. The van der Waals surface area contributed by atoms with Crippen LogP contribution in [-0.4, -0.2) is 93.7 Å². The van der Waals surface area contributed by atoms with Crippen molar-refractivity contribution in [2.24, 2.45) is 11.8 Å². The number of aromatic amines is 1. The summed E-state index contributed by atoms with van der Waals surface area (Å²) in [5, 5.41) is 26.0. The van der Waals surface area contributed by atoms with Gasteiger partial charge < -0.3 is 30.9 Å². The Hall–Kier alpha value is -5.63. The van der Waals surface area contributed by atoms with E-state index in [0.29, 0.717) is 43.0 Å². The molecule has 5 N–H and O–H groups in total. The molecule has 58 heavy (non-hydrogen) atoms. The summed E-state index contributed by atoms with van der Waals surface area (Å²) in [6.07, 6.45) is 3.48. The van der Waals surface area contributed by atoms with Crippen molar-refractivity contribution in [2.75, 3.05) is 38.0 Å². The molecule has 14 nitrogen and oxygen atoms in total. The number of nitrogens with one attached hydrogen (secondary N) is 5. The molecule has 1 fully saturated rings. The first kappa shape index (κ1) is 43.5. The van der Waals surface area contributed by atoms with Gasteiger partial charge in [-0.1, -0.05) is 51.1 Å². The van der Waals surface area contributed by atoms with Crippen molar-refractivity contribution in [3.05, 3.63) is 83.4 Å². The molecule has 1 aromatic heterocycles. The molecule has 1 aliphatic rings. The molecule has 1 unspecified atom stereocenters. The fourth-order valence-electron chi connectivity index (χ4n) is 7.21. The van der Waals surface area contributed by atoms with Crippen molar-refractivity contribution < 1.29 is 23.9 Å². The summed E-state index contributed by atoms with van der Waals surface area (Å²) in [5.41, 5.74) is 5.27. The minimum Gasteiger partial charge on any atom is -0.444 e. The predicted molar refractivity (Wildman–Crippen MR) is 225 cm³/mol. The quantitative estimate of drug-likeness (QED) is 0.0836. The smallest absolute Gasteiger partial charge is 0.407 e. The number of H-pyrrole nitrogens is 1. The Kier molecular flexibility index (Phi) is 15.5. The first-order chi connectivity index (χ1) is 27.8. The molecular formula is C44H59N9O5.